The van der Waals surface area contributed by atoms with Crippen LogP contribution < -0.4 is 16.0 Å². The Bertz CT molecular complexity index is 678. The fraction of sp³-hybridized carbons (Fsp3) is 0.312. The zero-order valence-corrected chi connectivity index (χ0v) is 13.5. The molecule has 0 fully saturated rings. The van der Waals surface area contributed by atoms with Crippen molar-refractivity contribution < 1.29 is 9.59 Å². The highest BCUT2D eigenvalue weighted by atomic mass is 16.2. The number of hydrogen-bond acceptors (Lipinski definition) is 4. The molecule has 7 nitrogen and oxygen atoms in total. The number of carbonyl (C=O) groups excluding carboxylic acids is 2. The summed E-state index contributed by atoms with van der Waals surface area (Å²) in [6.07, 6.45) is 3.47. The van der Waals surface area contributed by atoms with E-state index in [1.165, 1.54) is 6.92 Å². The molecule has 2 aromatic rings. The Labute approximate surface area is 135 Å². The highest BCUT2D eigenvalue weighted by Gasteiger charge is 2.20. The van der Waals surface area contributed by atoms with Gasteiger partial charge in [0.2, 0.25) is 11.8 Å². The fourth-order valence-corrected chi connectivity index (χ4v) is 2.19. The number of aryl methyl sites for hydroxylation is 1. The zero-order chi connectivity index (χ0) is 16.8. The van der Waals surface area contributed by atoms with Crippen molar-refractivity contribution in [3.05, 3.63) is 47.8 Å². The molecule has 122 valence electrons. The SMILES string of the molecule is CNC(C(=O)Nc1ccc(CNC(C)=O)cc1)c1cnn(C)c1. The van der Waals surface area contributed by atoms with Gasteiger partial charge < -0.3 is 16.0 Å². The fourth-order valence-electron chi connectivity index (χ4n) is 2.19. The van der Waals surface area contributed by atoms with Gasteiger partial charge >= 0.3 is 0 Å². The van der Waals surface area contributed by atoms with Gasteiger partial charge in [0.1, 0.15) is 6.04 Å². The Kier molecular flexibility index (Phi) is 5.48. The smallest absolute Gasteiger partial charge is 0.246 e. The van der Waals surface area contributed by atoms with Gasteiger partial charge in [0.25, 0.3) is 0 Å². The first-order chi connectivity index (χ1) is 11.0. The van der Waals surface area contributed by atoms with Gasteiger partial charge in [-0.05, 0) is 24.7 Å². The lowest BCUT2D eigenvalue weighted by molar-refractivity contribution is -0.119. The van der Waals surface area contributed by atoms with E-state index in [4.69, 9.17) is 0 Å². The molecular formula is C16H21N5O2. The number of hydrogen-bond donors (Lipinski definition) is 3. The Morgan fingerprint density at radius 2 is 1.96 bits per heavy atom. The van der Waals surface area contributed by atoms with E-state index in [-0.39, 0.29) is 11.8 Å². The maximum atomic E-state index is 12.4. The minimum absolute atomic E-state index is 0.0734. The normalized spacial score (nSPS) is 11.8. The van der Waals surface area contributed by atoms with Gasteiger partial charge in [0.15, 0.2) is 0 Å². The second-order valence-electron chi connectivity index (χ2n) is 5.26. The molecule has 0 saturated heterocycles. The van der Waals surface area contributed by atoms with Crippen LogP contribution >= 0.6 is 0 Å². The quantitative estimate of drug-likeness (QED) is 0.741. The molecule has 3 N–H and O–H groups in total. The van der Waals surface area contributed by atoms with Crippen LogP contribution in [0.4, 0.5) is 5.69 Å². The molecule has 0 aliphatic carbocycles. The summed E-state index contributed by atoms with van der Waals surface area (Å²) in [4.78, 5) is 23.3. The van der Waals surface area contributed by atoms with Crippen LogP contribution in [0.5, 0.6) is 0 Å². The summed E-state index contributed by atoms with van der Waals surface area (Å²) in [5.74, 6) is -0.231. The molecule has 1 aromatic carbocycles. The van der Waals surface area contributed by atoms with Crippen LogP contribution in [-0.4, -0.2) is 28.6 Å². The molecule has 2 amide bonds. The van der Waals surface area contributed by atoms with Gasteiger partial charge in [-0.2, -0.15) is 5.10 Å². The predicted molar refractivity (Wildman–Crippen MR) is 87.6 cm³/mol. The van der Waals surface area contributed by atoms with E-state index >= 15 is 0 Å². The molecule has 7 heteroatoms. The third-order valence-corrected chi connectivity index (χ3v) is 3.37. The lowest BCUT2D eigenvalue weighted by atomic mass is 10.1. The number of carbonyl (C=O) groups is 2. The summed E-state index contributed by atoms with van der Waals surface area (Å²) in [5, 5.41) is 12.7. The molecule has 0 spiro atoms. The van der Waals surface area contributed by atoms with Gasteiger partial charge in [0.05, 0.1) is 6.20 Å². The highest BCUT2D eigenvalue weighted by Crippen LogP contribution is 2.16. The molecule has 1 unspecified atom stereocenters. The number of aromatic nitrogens is 2. The molecule has 0 saturated carbocycles. The van der Waals surface area contributed by atoms with E-state index in [1.807, 2.05) is 31.3 Å². The monoisotopic (exact) mass is 315 g/mol. The number of anilines is 1. The van der Waals surface area contributed by atoms with Crippen molar-refractivity contribution >= 4 is 17.5 Å². The Morgan fingerprint density at radius 3 is 2.48 bits per heavy atom. The van der Waals surface area contributed by atoms with Crippen LogP contribution in [0.15, 0.2) is 36.7 Å². The van der Waals surface area contributed by atoms with Crippen molar-refractivity contribution in [3.63, 3.8) is 0 Å². The van der Waals surface area contributed by atoms with E-state index in [0.29, 0.717) is 12.2 Å². The average Bonchev–Trinajstić information content (AvgIpc) is 2.93. The minimum atomic E-state index is -0.470. The van der Waals surface area contributed by atoms with E-state index in [9.17, 15) is 9.59 Å². The van der Waals surface area contributed by atoms with E-state index in [0.717, 1.165) is 11.1 Å². The molecule has 0 aliphatic rings. The van der Waals surface area contributed by atoms with Crippen molar-refractivity contribution in [2.75, 3.05) is 12.4 Å². The Morgan fingerprint density at radius 1 is 1.26 bits per heavy atom. The number of rotatable bonds is 6. The van der Waals surface area contributed by atoms with Crippen molar-refractivity contribution in [3.8, 4) is 0 Å². The number of likely N-dealkylation sites (N-methyl/N-ethyl adjacent to an activating group) is 1. The Hall–Kier alpha value is -2.67. The Balaban J connectivity index is 2.00. The van der Waals surface area contributed by atoms with Crippen LogP contribution in [0.3, 0.4) is 0 Å². The summed E-state index contributed by atoms with van der Waals surface area (Å²) in [6, 6.07) is 6.88. The van der Waals surface area contributed by atoms with Crippen molar-refractivity contribution in [2.24, 2.45) is 7.05 Å². The van der Waals surface area contributed by atoms with Gasteiger partial charge in [0, 0.05) is 38.0 Å². The molecule has 1 aromatic heterocycles. The summed E-state index contributed by atoms with van der Waals surface area (Å²) in [5.41, 5.74) is 2.47. The molecule has 2 rings (SSSR count). The second-order valence-corrected chi connectivity index (χ2v) is 5.26. The molecular weight excluding hydrogens is 294 g/mol. The van der Waals surface area contributed by atoms with Gasteiger partial charge in [-0.15, -0.1) is 0 Å². The van der Waals surface area contributed by atoms with Crippen molar-refractivity contribution in [2.45, 2.75) is 19.5 Å². The van der Waals surface area contributed by atoms with Gasteiger partial charge in [-0.25, -0.2) is 0 Å². The lowest BCUT2D eigenvalue weighted by Crippen LogP contribution is -2.30. The van der Waals surface area contributed by atoms with Gasteiger partial charge in [-0.1, -0.05) is 12.1 Å². The van der Waals surface area contributed by atoms with Crippen LogP contribution in [-0.2, 0) is 23.2 Å². The number of amides is 2. The van der Waals surface area contributed by atoms with E-state index < -0.39 is 6.04 Å². The first-order valence-electron chi connectivity index (χ1n) is 7.29. The van der Waals surface area contributed by atoms with Crippen LogP contribution in [0, 0.1) is 0 Å². The third-order valence-electron chi connectivity index (χ3n) is 3.37. The minimum Gasteiger partial charge on any atom is -0.352 e. The lowest BCUT2D eigenvalue weighted by Gasteiger charge is -2.14. The van der Waals surface area contributed by atoms with Crippen LogP contribution in [0.2, 0.25) is 0 Å². The van der Waals surface area contributed by atoms with Crippen molar-refractivity contribution in [1.29, 1.82) is 0 Å². The largest absolute Gasteiger partial charge is 0.352 e. The van der Waals surface area contributed by atoms with E-state index in [2.05, 4.69) is 21.0 Å². The number of nitrogens with zero attached hydrogens (tertiary/aromatic N) is 2. The molecule has 0 aliphatic heterocycles. The van der Waals surface area contributed by atoms with Crippen molar-refractivity contribution in [1.82, 2.24) is 20.4 Å². The standard InChI is InChI=1S/C16H21N5O2/c1-11(22)18-8-12-4-6-14(7-5-12)20-16(23)15(17-2)13-9-19-21(3)10-13/h4-7,9-10,15,17H,8H2,1-3H3,(H,18,22)(H,20,23). The first kappa shape index (κ1) is 16.7. The second kappa shape index (κ2) is 7.55. The average molecular weight is 315 g/mol. The zero-order valence-electron chi connectivity index (χ0n) is 13.5. The molecule has 1 atom stereocenters. The van der Waals surface area contributed by atoms with E-state index in [1.54, 1.807) is 24.1 Å². The maximum absolute atomic E-state index is 12.4. The third kappa shape index (κ3) is 4.65. The molecule has 23 heavy (non-hydrogen) atoms. The predicted octanol–water partition coefficient (Wildman–Crippen LogP) is 0.955. The summed E-state index contributed by atoms with van der Waals surface area (Å²) >= 11 is 0. The number of benzene rings is 1. The topological polar surface area (TPSA) is 88.1 Å². The van der Waals surface area contributed by atoms with Crippen LogP contribution in [0.25, 0.3) is 0 Å². The van der Waals surface area contributed by atoms with Crippen LogP contribution in [0.1, 0.15) is 24.1 Å². The molecule has 0 radical (unpaired) electrons. The summed E-state index contributed by atoms with van der Waals surface area (Å²) in [6.45, 7) is 1.95. The number of nitrogens with one attached hydrogen (secondary N) is 3. The highest BCUT2D eigenvalue weighted by molar-refractivity contribution is 5.95. The molecule has 0 bridgehead atoms. The summed E-state index contributed by atoms with van der Waals surface area (Å²) < 4.78 is 1.66. The molecule has 1 heterocycles. The van der Waals surface area contributed by atoms with Gasteiger partial charge in [-0.3, -0.25) is 14.3 Å². The summed E-state index contributed by atoms with van der Waals surface area (Å²) in [7, 11) is 3.54. The maximum Gasteiger partial charge on any atom is 0.246 e. The first-order valence-corrected chi connectivity index (χ1v) is 7.29.